The number of rotatable bonds is 3. The quantitative estimate of drug-likeness (QED) is 0.882. The number of amides is 3. The molecule has 3 aliphatic heterocycles. The fraction of sp³-hybridized carbons (Fsp3) is 0.500. The van der Waals surface area contributed by atoms with Gasteiger partial charge in [0.15, 0.2) is 0 Å². The summed E-state index contributed by atoms with van der Waals surface area (Å²) in [5, 5.41) is 2.99. The van der Waals surface area contributed by atoms with E-state index >= 15 is 0 Å². The Bertz CT molecular complexity index is 742. The highest BCUT2D eigenvalue weighted by molar-refractivity contribution is 5.92. The fourth-order valence-corrected chi connectivity index (χ4v) is 4.11. The number of benzene rings is 1. The number of likely N-dealkylation sites (N-methyl/N-ethyl adjacent to an activating group) is 1. The van der Waals surface area contributed by atoms with Gasteiger partial charge in [-0.1, -0.05) is 24.3 Å². The van der Waals surface area contributed by atoms with Crippen molar-refractivity contribution in [1.82, 2.24) is 19.6 Å². The molecular weight excluding hydrogens is 342 g/mol. The van der Waals surface area contributed by atoms with Crippen LogP contribution in [0.5, 0.6) is 0 Å². The smallest absolute Gasteiger partial charge is 0.322 e. The molecule has 3 heterocycles. The van der Waals surface area contributed by atoms with E-state index in [0.29, 0.717) is 26.2 Å². The number of hydrogen-bond donors (Lipinski definition) is 1. The van der Waals surface area contributed by atoms with Crippen LogP contribution in [0.4, 0.5) is 10.5 Å². The van der Waals surface area contributed by atoms with E-state index in [4.69, 9.17) is 0 Å². The first-order valence-electron chi connectivity index (χ1n) is 9.63. The van der Waals surface area contributed by atoms with Gasteiger partial charge in [0.05, 0.1) is 13.2 Å². The third-order valence-electron chi connectivity index (χ3n) is 5.61. The number of para-hydroxylation sites is 1. The number of piperidine rings is 1. The summed E-state index contributed by atoms with van der Waals surface area (Å²) < 4.78 is 0. The average Bonchev–Trinajstić information content (AvgIpc) is 2.67. The molecule has 0 aliphatic carbocycles. The van der Waals surface area contributed by atoms with E-state index in [1.54, 1.807) is 0 Å². The summed E-state index contributed by atoms with van der Waals surface area (Å²) in [6.07, 6.45) is 5.75. The Kier molecular flexibility index (Phi) is 5.03. The predicted octanol–water partition coefficient (Wildman–Crippen LogP) is 1.74. The summed E-state index contributed by atoms with van der Waals surface area (Å²) in [6.45, 7) is 4.20. The minimum Gasteiger partial charge on any atom is -0.356 e. The summed E-state index contributed by atoms with van der Waals surface area (Å²) in [5.74, 6) is 0.168. The molecule has 1 fully saturated rings. The Morgan fingerprint density at radius 3 is 2.78 bits per heavy atom. The molecular formula is C20H27N5O2. The zero-order valence-corrected chi connectivity index (χ0v) is 15.8. The molecule has 7 nitrogen and oxygen atoms in total. The van der Waals surface area contributed by atoms with Crippen LogP contribution in [0.2, 0.25) is 0 Å². The highest BCUT2D eigenvalue weighted by atomic mass is 16.2. The van der Waals surface area contributed by atoms with Crippen LogP contribution in [0.3, 0.4) is 0 Å². The number of nitrogens with one attached hydrogen (secondary N) is 1. The Morgan fingerprint density at radius 1 is 1.22 bits per heavy atom. The van der Waals surface area contributed by atoms with Gasteiger partial charge in [-0.2, -0.15) is 0 Å². The topological polar surface area (TPSA) is 59.1 Å². The van der Waals surface area contributed by atoms with Gasteiger partial charge >= 0.3 is 6.03 Å². The minimum absolute atomic E-state index is 0.0278. The first-order chi connectivity index (χ1) is 13.1. The predicted molar refractivity (Wildman–Crippen MR) is 104 cm³/mol. The van der Waals surface area contributed by atoms with E-state index in [-0.39, 0.29) is 18.0 Å². The normalized spacial score (nSPS) is 21.2. The second-order valence-corrected chi connectivity index (χ2v) is 7.64. The molecule has 0 spiro atoms. The molecule has 4 rings (SSSR count). The molecule has 144 valence electrons. The summed E-state index contributed by atoms with van der Waals surface area (Å²) in [6, 6.07) is 8.10. The third kappa shape index (κ3) is 3.93. The van der Waals surface area contributed by atoms with Crippen molar-refractivity contribution in [3.8, 4) is 0 Å². The van der Waals surface area contributed by atoms with Crippen molar-refractivity contribution in [3.63, 3.8) is 0 Å². The Balaban J connectivity index is 1.31. The number of nitrogens with zero attached hydrogens (tertiary/aromatic N) is 4. The van der Waals surface area contributed by atoms with E-state index in [2.05, 4.69) is 22.4 Å². The number of likely N-dealkylation sites (tertiary alicyclic amines) is 1. The molecule has 0 aromatic heterocycles. The SMILES string of the molecule is CN1CC=CN(CC(=O)N2CCC(N3Cc4ccccc4NC3=O)CC2)C1. The van der Waals surface area contributed by atoms with Gasteiger partial charge in [-0.3, -0.25) is 9.69 Å². The van der Waals surface area contributed by atoms with Crippen LogP contribution in [-0.4, -0.2) is 77.5 Å². The Hall–Kier alpha value is -2.54. The summed E-state index contributed by atoms with van der Waals surface area (Å²) in [7, 11) is 2.05. The largest absolute Gasteiger partial charge is 0.356 e. The maximum atomic E-state index is 12.6. The zero-order valence-electron chi connectivity index (χ0n) is 15.8. The molecule has 1 aromatic rings. The first-order valence-corrected chi connectivity index (χ1v) is 9.63. The number of carbonyl (C=O) groups is 2. The number of urea groups is 1. The van der Waals surface area contributed by atoms with Crippen LogP contribution in [0, 0.1) is 0 Å². The van der Waals surface area contributed by atoms with Crippen LogP contribution in [0.1, 0.15) is 18.4 Å². The molecule has 27 heavy (non-hydrogen) atoms. The highest BCUT2D eigenvalue weighted by Gasteiger charge is 2.32. The van der Waals surface area contributed by atoms with Crippen LogP contribution in [-0.2, 0) is 11.3 Å². The van der Waals surface area contributed by atoms with Crippen molar-refractivity contribution in [3.05, 3.63) is 42.1 Å². The first kappa shape index (κ1) is 17.9. The summed E-state index contributed by atoms with van der Waals surface area (Å²) in [5.41, 5.74) is 2.06. The number of carbonyl (C=O) groups excluding carboxylic acids is 2. The van der Waals surface area contributed by atoms with Gasteiger partial charge in [0.25, 0.3) is 0 Å². The van der Waals surface area contributed by atoms with E-state index < -0.39 is 0 Å². The molecule has 1 N–H and O–H groups in total. The van der Waals surface area contributed by atoms with Crippen LogP contribution in [0.15, 0.2) is 36.5 Å². The lowest BCUT2D eigenvalue weighted by molar-refractivity contribution is -0.133. The molecule has 0 saturated carbocycles. The molecule has 1 saturated heterocycles. The van der Waals surface area contributed by atoms with Gasteiger partial charge in [0.2, 0.25) is 5.91 Å². The fourth-order valence-electron chi connectivity index (χ4n) is 4.11. The summed E-state index contributed by atoms with van der Waals surface area (Å²) >= 11 is 0. The van der Waals surface area contributed by atoms with E-state index in [0.717, 1.165) is 37.3 Å². The molecule has 0 unspecified atom stereocenters. The van der Waals surface area contributed by atoms with Crippen molar-refractivity contribution >= 4 is 17.6 Å². The molecule has 0 bridgehead atoms. The molecule has 3 amide bonds. The molecule has 7 heteroatoms. The van der Waals surface area contributed by atoms with Crippen LogP contribution < -0.4 is 5.32 Å². The van der Waals surface area contributed by atoms with Gasteiger partial charge in [0, 0.05) is 37.9 Å². The minimum atomic E-state index is -0.0278. The molecule has 1 aromatic carbocycles. The maximum Gasteiger partial charge on any atom is 0.322 e. The standard InChI is InChI=1S/C20H27N5O2/c1-22-9-4-10-23(15-22)14-19(26)24-11-7-17(8-12-24)25-13-16-5-2-3-6-18(16)21-20(25)27/h2-6,10,17H,7-9,11-15H2,1H3,(H,21,27). The van der Waals surface area contributed by atoms with E-state index in [1.165, 1.54) is 0 Å². The lowest BCUT2D eigenvalue weighted by Crippen LogP contribution is -2.52. The van der Waals surface area contributed by atoms with Gasteiger partial charge < -0.3 is 20.0 Å². The van der Waals surface area contributed by atoms with Gasteiger partial charge in [-0.05, 0) is 37.7 Å². The van der Waals surface area contributed by atoms with Crippen molar-refractivity contribution in [2.24, 2.45) is 0 Å². The van der Waals surface area contributed by atoms with E-state index in [1.807, 2.05) is 46.1 Å². The van der Waals surface area contributed by atoms with Crippen molar-refractivity contribution in [1.29, 1.82) is 0 Å². The average molecular weight is 369 g/mol. The van der Waals surface area contributed by atoms with Crippen LogP contribution >= 0.6 is 0 Å². The Morgan fingerprint density at radius 2 is 2.00 bits per heavy atom. The summed E-state index contributed by atoms with van der Waals surface area (Å²) in [4.78, 5) is 33.2. The highest BCUT2D eigenvalue weighted by Crippen LogP contribution is 2.27. The zero-order chi connectivity index (χ0) is 18.8. The van der Waals surface area contributed by atoms with E-state index in [9.17, 15) is 9.59 Å². The van der Waals surface area contributed by atoms with Gasteiger partial charge in [-0.25, -0.2) is 4.79 Å². The van der Waals surface area contributed by atoms with Crippen molar-refractivity contribution in [2.75, 3.05) is 45.2 Å². The number of anilines is 1. The second-order valence-electron chi connectivity index (χ2n) is 7.64. The lowest BCUT2D eigenvalue weighted by atomic mass is 10.0. The lowest BCUT2D eigenvalue weighted by Gasteiger charge is -2.41. The van der Waals surface area contributed by atoms with Crippen molar-refractivity contribution in [2.45, 2.75) is 25.4 Å². The second kappa shape index (κ2) is 7.60. The van der Waals surface area contributed by atoms with Crippen molar-refractivity contribution < 1.29 is 9.59 Å². The Labute approximate surface area is 160 Å². The maximum absolute atomic E-state index is 12.6. The third-order valence-corrected chi connectivity index (χ3v) is 5.61. The molecule has 3 aliphatic rings. The molecule has 0 atom stereocenters. The molecule has 0 radical (unpaired) electrons. The number of fused-ring (bicyclic) bond motifs is 1. The van der Waals surface area contributed by atoms with Gasteiger partial charge in [0.1, 0.15) is 0 Å². The van der Waals surface area contributed by atoms with Gasteiger partial charge in [-0.15, -0.1) is 0 Å². The number of hydrogen-bond acceptors (Lipinski definition) is 4. The monoisotopic (exact) mass is 369 g/mol. The van der Waals surface area contributed by atoms with Crippen LogP contribution in [0.25, 0.3) is 0 Å².